The fourth-order valence-corrected chi connectivity index (χ4v) is 2.65. The van der Waals surface area contributed by atoms with E-state index in [9.17, 15) is 4.79 Å². The molecule has 1 saturated heterocycles. The topological polar surface area (TPSA) is 55.6 Å². The number of likely N-dealkylation sites (tertiary alicyclic amines) is 1. The standard InChI is InChI=1S/C11H20N2O2.ClH/c1-15-8-5-6-13(7-8)11(14)9-3-2-4-10(9)12;/h8-10H,2-7,12H2,1H3;1H/t8-,9?,10?;/m0./s1. The number of amides is 1. The summed E-state index contributed by atoms with van der Waals surface area (Å²) in [4.78, 5) is 14.0. The SMILES string of the molecule is CO[C@H]1CCN(C(=O)C2CCCC2N)C1.Cl. The molecule has 1 heterocycles. The molecule has 2 fully saturated rings. The van der Waals surface area contributed by atoms with Crippen molar-refractivity contribution in [2.75, 3.05) is 20.2 Å². The molecule has 3 atom stereocenters. The van der Waals surface area contributed by atoms with E-state index in [0.29, 0.717) is 0 Å². The van der Waals surface area contributed by atoms with E-state index in [2.05, 4.69) is 0 Å². The molecule has 4 nitrogen and oxygen atoms in total. The van der Waals surface area contributed by atoms with Gasteiger partial charge in [0.15, 0.2) is 0 Å². The Morgan fingerprint density at radius 1 is 1.38 bits per heavy atom. The minimum absolute atomic E-state index is 0. The Morgan fingerprint density at radius 2 is 2.12 bits per heavy atom. The molecule has 2 rings (SSSR count). The van der Waals surface area contributed by atoms with Crippen LogP contribution in [0.25, 0.3) is 0 Å². The van der Waals surface area contributed by atoms with Crippen molar-refractivity contribution < 1.29 is 9.53 Å². The highest BCUT2D eigenvalue weighted by molar-refractivity contribution is 5.85. The van der Waals surface area contributed by atoms with Gasteiger partial charge in [-0.1, -0.05) is 6.42 Å². The van der Waals surface area contributed by atoms with Crippen LogP contribution in [0.15, 0.2) is 0 Å². The summed E-state index contributed by atoms with van der Waals surface area (Å²) in [6.45, 7) is 1.58. The maximum atomic E-state index is 12.1. The van der Waals surface area contributed by atoms with Crippen molar-refractivity contribution >= 4 is 18.3 Å². The molecule has 0 radical (unpaired) electrons. The van der Waals surface area contributed by atoms with Crippen LogP contribution in [0.5, 0.6) is 0 Å². The van der Waals surface area contributed by atoms with Crippen molar-refractivity contribution in [2.24, 2.45) is 11.7 Å². The molecule has 0 aromatic rings. The van der Waals surface area contributed by atoms with Crippen LogP contribution in [-0.2, 0) is 9.53 Å². The molecule has 0 aromatic heterocycles. The minimum atomic E-state index is 0. The summed E-state index contributed by atoms with van der Waals surface area (Å²) in [6.07, 6.45) is 4.25. The van der Waals surface area contributed by atoms with Gasteiger partial charge >= 0.3 is 0 Å². The largest absolute Gasteiger partial charge is 0.380 e. The van der Waals surface area contributed by atoms with Crippen LogP contribution in [0.4, 0.5) is 0 Å². The van der Waals surface area contributed by atoms with Gasteiger partial charge in [0.1, 0.15) is 0 Å². The van der Waals surface area contributed by atoms with E-state index < -0.39 is 0 Å². The van der Waals surface area contributed by atoms with Crippen molar-refractivity contribution in [3.8, 4) is 0 Å². The average Bonchev–Trinajstić information content (AvgIpc) is 2.84. The first kappa shape index (κ1) is 13.7. The molecule has 1 saturated carbocycles. The van der Waals surface area contributed by atoms with Gasteiger partial charge in [-0.3, -0.25) is 4.79 Å². The van der Waals surface area contributed by atoms with E-state index in [0.717, 1.165) is 38.8 Å². The molecular formula is C11H21ClN2O2. The van der Waals surface area contributed by atoms with E-state index in [4.69, 9.17) is 10.5 Å². The highest BCUT2D eigenvalue weighted by atomic mass is 35.5. The lowest BCUT2D eigenvalue weighted by atomic mass is 10.0. The Kier molecular flexibility index (Phi) is 5.02. The van der Waals surface area contributed by atoms with Gasteiger partial charge in [-0.25, -0.2) is 0 Å². The third-order valence-corrected chi connectivity index (χ3v) is 3.68. The number of carbonyl (C=O) groups is 1. The van der Waals surface area contributed by atoms with Crippen LogP contribution >= 0.6 is 12.4 Å². The van der Waals surface area contributed by atoms with Gasteiger partial charge in [-0.15, -0.1) is 12.4 Å². The Morgan fingerprint density at radius 3 is 2.62 bits per heavy atom. The lowest BCUT2D eigenvalue weighted by molar-refractivity contribution is -0.135. The molecule has 0 aromatic carbocycles. The van der Waals surface area contributed by atoms with Crippen molar-refractivity contribution in [2.45, 2.75) is 37.8 Å². The molecule has 1 aliphatic carbocycles. The summed E-state index contributed by atoms with van der Waals surface area (Å²) >= 11 is 0. The number of hydrogen-bond acceptors (Lipinski definition) is 3. The van der Waals surface area contributed by atoms with E-state index in [-0.39, 0.29) is 36.4 Å². The van der Waals surface area contributed by atoms with Gasteiger partial charge < -0.3 is 15.4 Å². The molecule has 1 aliphatic heterocycles. The Hall–Kier alpha value is -0.320. The van der Waals surface area contributed by atoms with Crippen LogP contribution < -0.4 is 5.73 Å². The smallest absolute Gasteiger partial charge is 0.227 e. The van der Waals surface area contributed by atoms with Crippen molar-refractivity contribution in [1.29, 1.82) is 0 Å². The Bertz CT molecular complexity index is 250. The molecule has 94 valence electrons. The van der Waals surface area contributed by atoms with Crippen LogP contribution in [0.3, 0.4) is 0 Å². The second-order valence-corrected chi connectivity index (χ2v) is 4.63. The van der Waals surface area contributed by atoms with Crippen LogP contribution in [0.1, 0.15) is 25.7 Å². The molecule has 0 spiro atoms. The summed E-state index contributed by atoms with van der Waals surface area (Å²) in [5, 5.41) is 0. The molecule has 2 N–H and O–H groups in total. The third-order valence-electron chi connectivity index (χ3n) is 3.68. The number of carbonyl (C=O) groups excluding carboxylic acids is 1. The zero-order chi connectivity index (χ0) is 10.8. The first-order chi connectivity index (χ1) is 7.22. The van der Waals surface area contributed by atoms with Gasteiger partial charge in [0.25, 0.3) is 0 Å². The van der Waals surface area contributed by atoms with Crippen LogP contribution in [-0.4, -0.2) is 43.2 Å². The van der Waals surface area contributed by atoms with E-state index in [1.54, 1.807) is 7.11 Å². The van der Waals surface area contributed by atoms with E-state index in [1.165, 1.54) is 0 Å². The predicted octanol–water partition coefficient (Wildman–Crippen LogP) is 0.783. The normalized spacial score (nSPS) is 33.9. The first-order valence-corrected chi connectivity index (χ1v) is 5.79. The van der Waals surface area contributed by atoms with Gasteiger partial charge in [0, 0.05) is 26.2 Å². The van der Waals surface area contributed by atoms with Crippen molar-refractivity contribution in [3.63, 3.8) is 0 Å². The van der Waals surface area contributed by atoms with Crippen LogP contribution in [0, 0.1) is 5.92 Å². The fraction of sp³-hybridized carbons (Fsp3) is 0.909. The summed E-state index contributed by atoms with van der Waals surface area (Å²) < 4.78 is 5.26. The highest BCUT2D eigenvalue weighted by Crippen LogP contribution is 2.27. The van der Waals surface area contributed by atoms with Crippen molar-refractivity contribution in [1.82, 2.24) is 4.90 Å². The maximum absolute atomic E-state index is 12.1. The highest BCUT2D eigenvalue weighted by Gasteiger charge is 2.36. The van der Waals surface area contributed by atoms with Gasteiger partial charge in [-0.2, -0.15) is 0 Å². The number of ether oxygens (including phenoxy) is 1. The minimum Gasteiger partial charge on any atom is -0.380 e. The monoisotopic (exact) mass is 248 g/mol. The third kappa shape index (κ3) is 2.67. The number of nitrogens with zero attached hydrogens (tertiary/aromatic N) is 1. The molecule has 16 heavy (non-hydrogen) atoms. The zero-order valence-corrected chi connectivity index (χ0v) is 10.5. The van der Waals surface area contributed by atoms with E-state index in [1.807, 2.05) is 4.90 Å². The fourth-order valence-electron chi connectivity index (χ4n) is 2.65. The van der Waals surface area contributed by atoms with E-state index >= 15 is 0 Å². The Labute approximate surface area is 103 Å². The van der Waals surface area contributed by atoms with Crippen molar-refractivity contribution in [3.05, 3.63) is 0 Å². The lowest BCUT2D eigenvalue weighted by Gasteiger charge is -2.22. The maximum Gasteiger partial charge on any atom is 0.227 e. The average molecular weight is 249 g/mol. The molecule has 2 aliphatic rings. The molecule has 2 unspecified atom stereocenters. The zero-order valence-electron chi connectivity index (χ0n) is 9.72. The lowest BCUT2D eigenvalue weighted by Crippen LogP contribution is -2.41. The van der Waals surface area contributed by atoms with Crippen LogP contribution in [0.2, 0.25) is 0 Å². The molecular weight excluding hydrogens is 228 g/mol. The number of halogens is 1. The second kappa shape index (κ2) is 5.84. The molecule has 5 heteroatoms. The molecule has 0 bridgehead atoms. The summed E-state index contributed by atoms with van der Waals surface area (Å²) in [5.74, 6) is 0.320. The second-order valence-electron chi connectivity index (χ2n) is 4.63. The summed E-state index contributed by atoms with van der Waals surface area (Å²) in [5.41, 5.74) is 5.94. The predicted molar refractivity (Wildman–Crippen MR) is 64.6 cm³/mol. The first-order valence-electron chi connectivity index (χ1n) is 5.79. The Balaban J connectivity index is 0.00000128. The quantitative estimate of drug-likeness (QED) is 0.786. The number of rotatable bonds is 2. The summed E-state index contributed by atoms with van der Waals surface area (Å²) in [7, 11) is 1.71. The van der Waals surface area contributed by atoms with Gasteiger partial charge in [0.2, 0.25) is 5.91 Å². The molecule has 1 amide bonds. The number of nitrogens with two attached hydrogens (primary N) is 1. The van der Waals surface area contributed by atoms with Gasteiger partial charge in [-0.05, 0) is 19.3 Å². The number of hydrogen-bond donors (Lipinski definition) is 1. The van der Waals surface area contributed by atoms with Gasteiger partial charge in [0.05, 0.1) is 12.0 Å². The summed E-state index contributed by atoms with van der Waals surface area (Å²) in [6, 6.07) is 0.0825. The number of methoxy groups -OCH3 is 1.